The molecule has 1 amide bonds. The first-order chi connectivity index (χ1) is 12.1. The van der Waals surface area contributed by atoms with Crippen LogP contribution in [0.5, 0.6) is 0 Å². The van der Waals surface area contributed by atoms with Gasteiger partial charge in [0.25, 0.3) is 5.91 Å². The second-order valence-electron chi connectivity index (χ2n) is 6.20. The van der Waals surface area contributed by atoms with Crippen LogP contribution in [0.3, 0.4) is 0 Å². The summed E-state index contributed by atoms with van der Waals surface area (Å²) in [7, 11) is 0. The van der Waals surface area contributed by atoms with Gasteiger partial charge in [0.1, 0.15) is 11.6 Å². The molecule has 1 aliphatic heterocycles. The molecule has 1 fully saturated rings. The Morgan fingerprint density at radius 2 is 2.12 bits per heavy atom. The van der Waals surface area contributed by atoms with Gasteiger partial charge in [-0.15, -0.1) is 10.2 Å². The number of hydrogen-bond acceptors (Lipinski definition) is 3. The number of hydrogen-bond donors (Lipinski definition) is 0. The molecule has 1 atom stereocenters. The van der Waals surface area contributed by atoms with Crippen LogP contribution < -0.4 is 0 Å². The Labute approximate surface area is 152 Å². The molecule has 7 heteroatoms. The van der Waals surface area contributed by atoms with Crippen LogP contribution >= 0.6 is 15.9 Å². The fraction of sp³-hybridized carbons (Fsp3) is 0.278. The van der Waals surface area contributed by atoms with Crippen molar-refractivity contribution in [3.05, 3.63) is 64.3 Å². The number of rotatable bonds is 2. The van der Waals surface area contributed by atoms with Crippen LogP contribution in [0.2, 0.25) is 0 Å². The Hall–Kier alpha value is -2.28. The minimum absolute atomic E-state index is 0.0913. The average Bonchev–Trinajstić information content (AvgIpc) is 3.05. The monoisotopic (exact) mass is 402 g/mol. The van der Waals surface area contributed by atoms with Gasteiger partial charge in [0, 0.05) is 29.7 Å². The first kappa shape index (κ1) is 16.2. The van der Waals surface area contributed by atoms with Crippen molar-refractivity contribution in [2.24, 2.45) is 0 Å². The van der Waals surface area contributed by atoms with Gasteiger partial charge in [-0.05, 0) is 43.2 Å². The fourth-order valence-corrected chi connectivity index (χ4v) is 3.68. The molecule has 128 valence electrons. The van der Waals surface area contributed by atoms with Crippen molar-refractivity contribution >= 4 is 27.5 Å². The first-order valence-electron chi connectivity index (χ1n) is 8.17. The highest BCUT2D eigenvalue weighted by Gasteiger charge is 2.29. The minimum Gasteiger partial charge on any atom is -0.338 e. The topological polar surface area (TPSA) is 50.5 Å². The summed E-state index contributed by atoms with van der Waals surface area (Å²) in [6, 6.07) is 10.3. The van der Waals surface area contributed by atoms with Crippen molar-refractivity contribution < 1.29 is 9.18 Å². The summed E-state index contributed by atoms with van der Waals surface area (Å²) in [4.78, 5) is 14.5. The number of amides is 1. The smallest absolute Gasteiger partial charge is 0.256 e. The van der Waals surface area contributed by atoms with Crippen LogP contribution in [-0.2, 0) is 0 Å². The molecule has 1 aliphatic rings. The molecule has 0 bridgehead atoms. The lowest BCUT2D eigenvalue weighted by molar-refractivity contribution is 0.0699. The van der Waals surface area contributed by atoms with E-state index in [4.69, 9.17) is 0 Å². The molecule has 5 nitrogen and oxygen atoms in total. The Kier molecular flexibility index (Phi) is 4.25. The van der Waals surface area contributed by atoms with Crippen LogP contribution in [0.4, 0.5) is 4.39 Å². The van der Waals surface area contributed by atoms with Crippen LogP contribution in [0.15, 0.2) is 47.1 Å². The third-order valence-electron chi connectivity index (χ3n) is 4.58. The summed E-state index contributed by atoms with van der Waals surface area (Å²) in [5, 5.41) is 8.50. The Balaban J connectivity index is 1.59. The van der Waals surface area contributed by atoms with Gasteiger partial charge in [0.05, 0.1) is 5.56 Å². The summed E-state index contributed by atoms with van der Waals surface area (Å²) >= 11 is 3.22. The molecule has 0 radical (unpaired) electrons. The van der Waals surface area contributed by atoms with E-state index in [-0.39, 0.29) is 17.4 Å². The Morgan fingerprint density at radius 1 is 1.24 bits per heavy atom. The molecule has 3 aromatic rings. The molecule has 4 rings (SSSR count). The summed E-state index contributed by atoms with van der Waals surface area (Å²) in [5.74, 6) is 0.163. The van der Waals surface area contributed by atoms with E-state index >= 15 is 0 Å². The van der Waals surface area contributed by atoms with E-state index in [2.05, 4.69) is 26.1 Å². The third kappa shape index (κ3) is 3.04. The molecule has 1 unspecified atom stereocenters. The molecule has 1 saturated heterocycles. The number of halogens is 2. The van der Waals surface area contributed by atoms with Gasteiger partial charge >= 0.3 is 0 Å². The maximum atomic E-state index is 14.1. The summed E-state index contributed by atoms with van der Waals surface area (Å²) in [6.45, 7) is 1.14. The molecule has 0 N–H and O–H groups in total. The van der Waals surface area contributed by atoms with Crippen molar-refractivity contribution in [1.82, 2.24) is 19.5 Å². The fourth-order valence-electron chi connectivity index (χ4n) is 3.34. The van der Waals surface area contributed by atoms with E-state index < -0.39 is 5.82 Å². The van der Waals surface area contributed by atoms with E-state index in [0.29, 0.717) is 17.6 Å². The van der Waals surface area contributed by atoms with Crippen molar-refractivity contribution in [2.75, 3.05) is 13.1 Å². The van der Waals surface area contributed by atoms with Crippen molar-refractivity contribution in [2.45, 2.75) is 18.8 Å². The number of piperidine rings is 1. The van der Waals surface area contributed by atoms with E-state index in [9.17, 15) is 9.18 Å². The minimum atomic E-state index is -0.505. The second kappa shape index (κ2) is 6.55. The summed E-state index contributed by atoms with van der Waals surface area (Å²) in [6.07, 6.45) is 3.72. The van der Waals surface area contributed by atoms with Crippen LogP contribution in [0.25, 0.3) is 5.65 Å². The van der Waals surface area contributed by atoms with Gasteiger partial charge in [-0.2, -0.15) is 0 Å². The SMILES string of the molecule is O=C(c1ccc(Br)cc1F)N1CCCC(c2nnc3ccccn23)C1. The van der Waals surface area contributed by atoms with Gasteiger partial charge in [-0.1, -0.05) is 22.0 Å². The summed E-state index contributed by atoms with van der Waals surface area (Å²) in [5.41, 5.74) is 0.898. The number of nitrogens with zero attached hydrogens (tertiary/aromatic N) is 4. The molecule has 0 aliphatic carbocycles. The number of likely N-dealkylation sites (tertiary alicyclic amines) is 1. The predicted octanol–water partition coefficient (Wildman–Crippen LogP) is 3.65. The number of pyridine rings is 1. The van der Waals surface area contributed by atoms with Crippen LogP contribution in [0, 0.1) is 5.82 Å². The van der Waals surface area contributed by atoms with Crippen LogP contribution in [0.1, 0.15) is 34.9 Å². The predicted molar refractivity (Wildman–Crippen MR) is 95.0 cm³/mol. The van der Waals surface area contributed by atoms with E-state index in [1.165, 1.54) is 12.1 Å². The molecule has 0 saturated carbocycles. The van der Waals surface area contributed by atoms with Gasteiger partial charge in [-0.3, -0.25) is 9.20 Å². The second-order valence-corrected chi connectivity index (χ2v) is 7.12. The first-order valence-corrected chi connectivity index (χ1v) is 8.97. The zero-order valence-corrected chi connectivity index (χ0v) is 15.0. The largest absolute Gasteiger partial charge is 0.338 e. The van der Waals surface area contributed by atoms with Crippen molar-refractivity contribution in [3.63, 3.8) is 0 Å². The van der Waals surface area contributed by atoms with Gasteiger partial charge < -0.3 is 4.90 Å². The number of carbonyl (C=O) groups excluding carboxylic acids is 1. The molecule has 3 heterocycles. The maximum absolute atomic E-state index is 14.1. The maximum Gasteiger partial charge on any atom is 0.256 e. The van der Waals surface area contributed by atoms with Gasteiger partial charge in [0.2, 0.25) is 0 Å². The van der Waals surface area contributed by atoms with E-state index in [0.717, 1.165) is 24.3 Å². The lowest BCUT2D eigenvalue weighted by Crippen LogP contribution is -2.40. The molecule has 25 heavy (non-hydrogen) atoms. The zero-order chi connectivity index (χ0) is 17.4. The highest BCUT2D eigenvalue weighted by molar-refractivity contribution is 9.10. The van der Waals surface area contributed by atoms with Crippen molar-refractivity contribution in [1.29, 1.82) is 0 Å². The highest BCUT2D eigenvalue weighted by atomic mass is 79.9. The molecule has 1 aromatic carbocycles. The molecular weight excluding hydrogens is 387 g/mol. The number of benzene rings is 1. The molecule has 0 spiro atoms. The average molecular weight is 403 g/mol. The zero-order valence-electron chi connectivity index (χ0n) is 13.4. The van der Waals surface area contributed by atoms with Gasteiger partial charge in [0.15, 0.2) is 5.65 Å². The highest BCUT2D eigenvalue weighted by Crippen LogP contribution is 2.27. The Morgan fingerprint density at radius 3 is 2.96 bits per heavy atom. The lowest BCUT2D eigenvalue weighted by Gasteiger charge is -2.32. The number of aromatic nitrogens is 3. The van der Waals surface area contributed by atoms with Crippen molar-refractivity contribution in [3.8, 4) is 0 Å². The normalized spacial score (nSPS) is 17.8. The molecular formula is C18H16BrFN4O. The quantitative estimate of drug-likeness (QED) is 0.657. The molecule has 2 aromatic heterocycles. The summed E-state index contributed by atoms with van der Waals surface area (Å²) < 4.78 is 16.7. The number of fused-ring (bicyclic) bond motifs is 1. The van der Waals surface area contributed by atoms with E-state index in [1.807, 2.05) is 28.8 Å². The standard InChI is InChI=1S/C18H16BrFN4O/c19-13-6-7-14(15(20)10-13)18(25)23-8-3-4-12(11-23)17-22-21-16-5-1-2-9-24(16)17/h1-2,5-7,9-10,12H,3-4,8,11H2. The number of carbonyl (C=O) groups is 1. The van der Waals surface area contributed by atoms with Crippen LogP contribution in [-0.4, -0.2) is 38.5 Å². The van der Waals surface area contributed by atoms with Gasteiger partial charge in [-0.25, -0.2) is 4.39 Å². The third-order valence-corrected chi connectivity index (χ3v) is 5.07. The lowest BCUT2D eigenvalue weighted by atomic mass is 9.96. The Bertz CT molecular complexity index is 942. The van der Waals surface area contributed by atoms with E-state index in [1.54, 1.807) is 11.0 Å².